The molecular formula is C27H24N4O2S. The molecule has 1 aliphatic heterocycles. The van der Waals surface area contributed by atoms with Crippen molar-refractivity contribution in [2.45, 2.75) is 25.4 Å². The fraction of sp³-hybridized carbons (Fsp3) is 0.185. The number of nitrogens with zero attached hydrogens (tertiary/aromatic N) is 1. The highest BCUT2D eigenvalue weighted by atomic mass is 32.1. The topological polar surface area (TPSA) is 81.0 Å². The van der Waals surface area contributed by atoms with Crippen LogP contribution in [0.5, 0.6) is 0 Å². The largest absolute Gasteiger partial charge is 0.361 e. The zero-order chi connectivity index (χ0) is 23.1. The minimum atomic E-state index is -0.652. The summed E-state index contributed by atoms with van der Waals surface area (Å²) in [4.78, 5) is 36.0. The maximum Gasteiger partial charge on any atom is 0.262 e. The standard InChI is InChI=1S/C27H24N4O2S/c32-26(25-10-5-13-34-25)30-24(14-17-15-28-21-8-3-1-6-18(17)21)27(33)31-12-11-23-20(16-31)19-7-2-4-9-22(19)29-23/h1-10,13,15,24,28-29H,11-12,14,16H2,(H,30,32)/t24-/m0/s1. The molecule has 1 aliphatic rings. The number of nitrogens with one attached hydrogen (secondary N) is 3. The molecule has 2 amide bonds. The number of rotatable bonds is 5. The lowest BCUT2D eigenvalue weighted by molar-refractivity contribution is -0.134. The predicted molar refractivity (Wildman–Crippen MR) is 135 cm³/mol. The maximum absolute atomic E-state index is 13.8. The number of fused-ring (bicyclic) bond motifs is 4. The first kappa shape index (κ1) is 20.7. The number of hydrogen-bond acceptors (Lipinski definition) is 3. The Bertz CT molecular complexity index is 1500. The fourth-order valence-corrected chi connectivity index (χ4v) is 5.56. The van der Waals surface area contributed by atoms with Gasteiger partial charge in [-0.05, 0) is 29.1 Å². The average molecular weight is 469 g/mol. The fourth-order valence-electron chi connectivity index (χ4n) is 4.93. The second-order valence-corrected chi connectivity index (χ2v) is 9.65. The highest BCUT2D eigenvalue weighted by molar-refractivity contribution is 7.12. The molecule has 0 unspecified atom stereocenters. The van der Waals surface area contributed by atoms with Crippen LogP contribution < -0.4 is 5.32 Å². The van der Waals surface area contributed by atoms with Crippen molar-refractivity contribution in [3.63, 3.8) is 0 Å². The number of carbonyl (C=O) groups is 2. The summed E-state index contributed by atoms with van der Waals surface area (Å²) in [7, 11) is 0. The van der Waals surface area contributed by atoms with E-state index in [1.165, 1.54) is 22.6 Å². The Labute approximate surface area is 200 Å². The zero-order valence-corrected chi connectivity index (χ0v) is 19.3. The molecule has 3 N–H and O–H groups in total. The minimum absolute atomic E-state index is 0.0499. The molecule has 2 aromatic carbocycles. The van der Waals surface area contributed by atoms with E-state index < -0.39 is 6.04 Å². The molecule has 0 spiro atoms. The van der Waals surface area contributed by atoms with Crippen LogP contribution in [0.15, 0.2) is 72.2 Å². The summed E-state index contributed by atoms with van der Waals surface area (Å²) >= 11 is 1.38. The van der Waals surface area contributed by atoms with Gasteiger partial charge in [0, 0.05) is 65.2 Å². The normalized spacial score (nSPS) is 14.3. The van der Waals surface area contributed by atoms with Crippen molar-refractivity contribution in [1.29, 1.82) is 0 Å². The molecule has 4 heterocycles. The molecule has 0 aliphatic carbocycles. The molecule has 0 saturated heterocycles. The van der Waals surface area contributed by atoms with Crippen molar-refractivity contribution < 1.29 is 9.59 Å². The number of amides is 2. The zero-order valence-electron chi connectivity index (χ0n) is 18.5. The number of aromatic amines is 2. The molecule has 34 heavy (non-hydrogen) atoms. The summed E-state index contributed by atoms with van der Waals surface area (Å²) in [5.41, 5.74) is 5.51. The summed E-state index contributed by atoms with van der Waals surface area (Å²) in [5, 5.41) is 7.13. The molecule has 0 radical (unpaired) electrons. The molecule has 6 rings (SSSR count). The van der Waals surface area contributed by atoms with Gasteiger partial charge in [-0.1, -0.05) is 42.5 Å². The average Bonchev–Trinajstić information content (AvgIpc) is 3.62. The van der Waals surface area contributed by atoms with Crippen LogP contribution in [0.25, 0.3) is 21.8 Å². The molecule has 0 bridgehead atoms. The van der Waals surface area contributed by atoms with Gasteiger partial charge in [-0.2, -0.15) is 0 Å². The van der Waals surface area contributed by atoms with Crippen LogP contribution in [0.2, 0.25) is 0 Å². The SMILES string of the molecule is O=C(N[C@@H](Cc1c[nH]c2ccccc12)C(=O)N1CCc2[nH]c3ccccc3c2C1)c1cccs1. The molecule has 7 heteroatoms. The first-order chi connectivity index (χ1) is 16.7. The number of hydrogen-bond donors (Lipinski definition) is 3. The monoisotopic (exact) mass is 468 g/mol. The summed E-state index contributed by atoms with van der Waals surface area (Å²) < 4.78 is 0. The number of thiophene rings is 1. The number of carbonyl (C=O) groups excluding carboxylic acids is 2. The summed E-state index contributed by atoms with van der Waals surface area (Å²) in [6.07, 6.45) is 3.14. The highest BCUT2D eigenvalue weighted by Crippen LogP contribution is 2.28. The number of para-hydroxylation sites is 2. The third-order valence-electron chi connectivity index (χ3n) is 6.64. The van der Waals surface area contributed by atoms with Gasteiger partial charge in [-0.3, -0.25) is 9.59 Å². The minimum Gasteiger partial charge on any atom is -0.361 e. The van der Waals surface area contributed by atoms with Crippen molar-refractivity contribution >= 4 is 45.0 Å². The Balaban J connectivity index is 1.30. The van der Waals surface area contributed by atoms with E-state index in [1.807, 2.05) is 58.9 Å². The smallest absolute Gasteiger partial charge is 0.262 e. The van der Waals surface area contributed by atoms with Gasteiger partial charge in [-0.25, -0.2) is 0 Å². The van der Waals surface area contributed by atoms with Crippen molar-refractivity contribution in [2.75, 3.05) is 6.54 Å². The van der Waals surface area contributed by atoms with Crippen LogP contribution in [0.3, 0.4) is 0 Å². The van der Waals surface area contributed by atoms with Gasteiger partial charge >= 0.3 is 0 Å². The van der Waals surface area contributed by atoms with Gasteiger partial charge in [0.05, 0.1) is 4.88 Å². The Morgan fingerprint density at radius 1 is 1.00 bits per heavy atom. The number of benzene rings is 2. The van der Waals surface area contributed by atoms with Gasteiger partial charge in [0.15, 0.2) is 0 Å². The van der Waals surface area contributed by atoms with Crippen molar-refractivity contribution in [3.8, 4) is 0 Å². The van der Waals surface area contributed by atoms with E-state index in [9.17, 15) is 9.59 Å². The lowest BCUT2D eigenvalue weighted by atomic mass is 10.0. The molecule has 5 aromatic rings. The first-order valence-electron chi connectivity index (χ1n) is 11.4. The highest BCUT2D eigenvalue weighted by Gasteiger charge is 2.31. The Morgan fingerprint density at radius 3 is 2.62 bits per heavy atom. The summed E-state index contributed by atoms with van der Waals surface area (Å²) in [6, 6.07) is 19.2. The van der Waals surface area contributed by atoms with Gasteiger partial charge < -0.3 is 20.2 Å². The molecule has 0 fully saturated rings. The van der Waals surface area contributed by atoms with E-state index in [0.717, 1.165) is 33.8 Å². The molecule has 170 valence electrons. The van der Waals surface area contributed by atoms with Crippen LogP contribution >= 0.6 is 11.3 Å². The molecule has 3 aromatic heterocycles. The van der Waals surface area contributed by atoms with Gasteiger partial charge in [0.25, 0.3) is 5.91 Å². The van der Waals surface area contributed by atoms with Crippen LogP contribution in [0.4, 0.5) is 0 Å². The second kappa shape index (κ2) is 8.50. The molecule has 0 saturated carbocycles. The summed E-state index contributed by atoms with van der Waals surface area (Å²) in [6.45, 7) is 1.16. The quantitative estimate of drug-likeness (QED) is 0.351. The molecular weight excluding hydrogens is 444 g/mol. The second-order valence-electron chi connectivity index (χ2n) is 8.70. The van der Waals surface area contributed by atoms with Crippen LogP contribution in [0, 0.1) is 0 Å². The van der Waals surface area contributed by atoms with E-state index in [1.54, 1.807) is 6.07 Å². The predicted octanol–water partition coefficient (Wildman–Crippen LogP) is 4.64. The molecule has 1 atom stereocenters. The Hall–Kier alpha value is -3.84. The van der Waals surface area contributed by atoms with Gasteiger partial charge in [0.2, 0.25) is 5.91 Å². The van der Waals surface area contributed by atoms with Gasteiger partial charge in [0.1, 0.15) is 6.04 Å². The van der Waals surface area contributed by atoms with Crippen LogP contribution in [0.1, 0.15) is 26.5 Å². The summed E-state index contributed by atoms with van der Waals surface area (Å²) in [5.74, 6) is -0.260. The number of aromatic nitrogens is 2. The lowest BCUT2D eigenvalue weighted by Gasteiger charge is -2.31. The van der Waals surface area contributed by atoms with Crippen molar-refractivity contribution in [1.82, 2.24) is 20.2 Å². The lowest BCUT2D eigenvalue weighted by Crippen LogP contribution is -2.50. The Kier molecular flexibility index (Phi) is 5.19. The maximum atomic E-state index is 13.8. The van der Waals surface area contributed by atoms with Gasteiger partial charge in [-0.15, -0.1) is 11.3 Å². The van der Waals surface area contributed by atoms with E-state index in [-0.39, 0.29) is 11.8 Å². The Morgan fingerprint density at radius 2 is 1.79 bits per heavy atom. The first-order valence-corrected chi connectivity index (χ1v) is 12.3. The van der Waals surface area contributed by atoms with E-state index in [4.69, 9.17) is 0 Å². The van der Waals surface area contributed by atoms with E-state index >= 15 is 0 Å². The van der Waals surface area contributed by atoms with Crippen LogP contribution in [-0.2, 0) is 24.2 Å². The van der Waals surface area contributed by atoms with E-state index in [0.29, 0.717) is 24.4 Å². The van der Waals surface area contributed by atoms with Crippen molar-refractivity contribution in [2.24, 2.45) is 0 Å². The number of H-pyrrole nitrogens is 2. The third-order valence-corrected chi connectivity index (χ3v) is 7.51. The van der Waals surface area contributed by atoms with Crippen LogP contribution in [-0.4, -0.2) is 39.3 Å². The third kappa shape index (κ3) is 3.68. The van der Waals surface area contributed by atoms with Crippen molar-refractivity contribution in [3.05, 3.63) is 93.9 Å². The van der Waals surface area contributed by atoms with E-state index in [2.05, 4.69) is 27.4 Å². The molecule has 6 nitrogen and oxygen atoms in total.